The van der Waals surface area contributed by atoms with Crippen molar-refractivity contribution in [2.75, 3.05) is 37.4 Å². The van der Waals surface area contributed by atoms with Crippen LogP contribution in [0.25, 0.3) is 0 Å². The van der Waals surface area contributed by atoms with E-state index in [9.17, 15) is 4.39 Å². The van der Waals surface area contributed by atoms with Gasteiger partial charge in [-0.3, -0.25) is 0 Å². The second-order valence-corrected chi connectivity index (χ2v) is 7.47. The van der Waals surface area contributed by atoms with Crippen molar-refractivity contribution in [3.05, 3.63) is 47.5 Å². The lowest BCUT2D eigenvalue weighted by Crippen LogP contribution is -2.34. The highest BCUT2D eigenvalue weighted by Crippen LogP contribution is 2.22. The van der Waals surface area contributed by atoms with E-state index < -0.39 is 0 Å². The third-order valence-corrected chi connectivity index (χ3v) is 4.71. The van der Waals surface area contributed by atoms with Crippen LogP contribution >= 0.6 is 0 Å². The number of halogens is 1. The molecular weight excluding hydrogens is 329 g/mol. The van der Waals surface area contributed by atoms with Crippen molar-refractivity contribution in [1.29, 1.82) is 0 Å². The Bertz CT molecular complexity index is 734. The van der Waals surface area contributed by atoms with Crippen molar-refractivity contribution in [3.63, 3.8) is 0 Å². The molecule has 1 atom stereocenters. The Morgan fingerprint density at radius 3 is 2.85 bits per heavy atom. The molecule has 2 heterocycles. The van der Waals surface area contributed by atoms with Gasteiger partial charge in [0.05, 0.1) is 0 Å². The van der Waals surface area contributed by atoms with Crippen LogP contribution in [0.2, 0.25) is 0 Å². The van der Waals surface area contributed by atoms with Crippen LogP contribution in [0.1, 0.15) is 30.9 Å². The lowest BCUT2D eigenvalue weighted by molar-refractivity contribution is 0.392. The molecule has 1 saturated heterocycles. The van der Waals surface area contributed by atoms with Gasteiger partial charge in [-0.15, -0.1) is 0 Å². The van der Waals surface area contributed by atoms with E-state index in [-0.39, 0.29) is 5.82 Å². The number of rotatable bonds is 6. The van der Waals surface area contributed by atoms with E-state index in [4.69, 9.17) is 0 Å². The van der Waals surface area contributed by atoms with E-state index >= 15 is 0 Å². The van der Waals surface area contributed by atoms with Gasteiger partial charge < -0.3 is 15.1 Å². The summed E-state index contributed by atoms with van der Waals surface area (Å²) in [6.45, 7) is 5.49. The van der Waals surface area contributed by atoms with Crippen LogP contribution in [0, 0.1) is 11.7 Å². The lowest BCUT2D eigenvalue weighted by atomic mass is 10.0. The minimum absolute atomic E-state index is 0.163. The summed E-state index contributed by atoms with van der Waals surface area (Å²) < 4.78 is 14.2. The molecule has 6 heteroatoms. The minimum atomic E-state index is -0.163. The molecule has 1 aromatic carbocycles. The summed E-state index contributed by atoms with van der Waals surface area (Å²) in [5.41, 5.74) is 1.61. The molecule has 0 amide bonds. The second-order valence-electron chi connectivity index (χ2n) is 7.47. The first-order chi connectivity index (χ1) is 12.5. The van der Waals surface area contributed by atoms with Crippen LogP contribution in [0.4, 0.5) is 16.0 Å². The number of hydrogen-bond acceptors (Lipinski definition) is 5. The van der Waals surface area contributed by atoms with Crippen molar-refractivity contribution in [2.24, 2.45) is 5.92 Å². The summed E-state index contributed by atoms with van der Waals surface area (Å²) in [5.74, 6) is 2.26. The van der Waals surface area contributed by atoms with Crippen molar-refractivity contribution in [3.8, 4) is 0 Å². The Labute approximate surface area is 155 Å². The summed E-state index contributed by atoms with van der Waals surface area (Å²) >= 11 is 0. The maximum atomic E-state index is 14.2. The highest BCUT2D eigenvalue weighted by molar-refractivity contribution is 5.49. The molecule has 26 heavy (non-hydrogen) atoms. The highest BCUT2D eigenvalue weighted by Gasteiger charge is 2.17. The molecule has 0 aliphatic carbocycles. The van der Waals surface area contributed by atoms with Gasteiger partial charge in [0.15, 0.2) is 0 Å². The number of piperidine rings is 1. The maximum absolute atomic E-state index is 14.2. The number of anilines is 2. The second kappa shape index (κ2) is 8.45. The van der Waals surface area contributed by atoms with E-state index in [0.29, 0.717) is 24.6 Å². The first-order valence-electron chi connectivity index (χ1n) is 9.24. The summed E-state index contributed by atoms with van der Waals surface area (Å²) in [5, 5.41) is 3.28. The van der Waals surface area contributed by atoms with Gasteiger partial charge in [0.2, 0.25) is 0 Å². The Morgan fingerprint density at radius 2 is 2.12 bits per heavy atom. The van der Waals surface area contributed by atoms with Gasteiger partial charge in [0.1, 0.15) is 23.8 Å². The van der Waals surface area contributed by atoms with Crippen molar-refractivity contribution >= 4 is 11.6 Å². The van der Waals surface area contributed by atoms with E-state index in [1.54, 1.807) is 12.4 Å². The number of nitrogens with one attached hydrogen (secondary N) is 1. The van der Waals surface area contributed by atoms with Crippen LogP contribution in [0.3, 0.4) is 0 Å². The molecule has 1 aromatic heterocycles. The zero-order chi connectivity index (χ0) is 18.5. The molecule has 0 bridgehead atoms. The van der Waals surface area contributed by atoms with Crippen molar-refractivity contribution in [1.82, 2.24) is 14.9 Å². The predicted molar refractivity (Wildman–Crippen MR) is 104 cm³/mol. The van der Waals surface area contributed by atoms with Gasteiger partial charge in [-0.05, 0) is 44.5 Å². The molecule has 0 radical (unpaired) electrons. The van der Waals surface area contributed by atoms with Gasteiger partial charge in [-0.1, -0.05) is 19.1 Å². The molecule has 140 valence electrons. The fraction of sp³-hybridized carbons (Fsp3) is 0.500. The fourth-order valence-corrected chi connectivity index (χ4v) is 3.38. The van der Waals surface area contributed by atoms with Crippen LogP contribution in [0.5, 0.6) is 0 Å². The van der Waals surface area contributed by atoms with Crippen LogP contribution in [-0.2, 0) is 13.1 Å². The number of aromatic nitrogens is 2. The number of hydrogen-bond donors (Lipinski definition) is 1. The van der Waals surface area contributed by atoms with E-state index in [1.807, 2.05) is 37.2 Å². The van der Waals surface area contributed by atoms with Gasteiger partial charge in [0, 0.05) is 37.8 Å². The SMILES string of the molecule is CC1CCCN(c2cc(NCc3ccc(CN(C)C)c(F)c3)ncn2)C1. The normalized spacial score (nSPS) is 17.6. The Hall–Kier alpha value is -2.21. The maximum Gasteiger partial charge on any atom is 0.134 e. The van der Waals surface area contributed by atoms with Crippen LogP contribution in [0.15, 0.2) is 30.6 Å². The molecule has 0 saturated carbocycles. The Morgan fingerprint density at radius 1 is 1.27 bits per heavy atom. The predicted octanol–water partition coefficient (Wildman–Crippen LogP) is 3.53. The Balaban J connectivity index is 1.63. The fourth-order valence-electron chi connectivity index (χ4n) is 3.38. The van der Waals surface area contributed by atoms with Crippen molar-refractivity contribution in [2.45, 2.75) is 32.9 Å². The molecule has 1 N–H and O–H groups in total. The highest BCUT2D eigenvalue weighted by atomic mass is 19.1. The summed E-state index contributed by atoms with van der Waals surface area (Å²) in [6.07, 6.45) is 4.08. The monoisotopic (exact) mass is 357 g/mol. The summed E-state index contributed by atoms with van der Waals surface area (Å²) in [7, 11) is 3.87. The smallest absolute Gasteiger partial charge is 0.134 e. The molecule has 5 nitrogen and oxygen atoms in total. The molecule has 1 fully saturated rings. The Kier molecular flexibility index (Phi) is 6.04. The molecule has 2 aromatic rings. The van der Waals surface area contributed by atoms with Gasteiger partial charge in [-0.25, -0.2) is 14.4 Å². The molecule has 1 aliphatic rings. The van der Waals surface area contributed by atoms with Crippen LogP contribution < -0.4 is 10.2 Å². The zero-order valence-electron chi connectivity index (χ0n) is 15.9. The first kappa shape index (κ1) is 18.6. The average Bonchev–Trinajstić information content (AvgIpc) is 2.62. The molecular formula is C20H28FN5. The topological polar surface area (TPSA) is 44.3 Å². The van der Waals surface area contributed by atoms with E-state index in [2.05, 4.69) is 27.1 Å². The standard InChI is InChI=1S/C20H28FN5/c1-15-5-4-8-26(12-15)20-10-19(23-14-24-20)22-11-16-6-7-17(13-25(2)3)18(21)9-16/h6-7,9-10,14-15H,4-5,8,11-13H2,1-3H3,(H,22,23,24). The molecule has 1 unspecified atom stereocenters. The molecule has 1 aliphatic heterocycles. The average molecular weight is 357 g/mol. The molecule has 0 spiro atoms. The summed E-state index contributed by atoms with van der Waals surface area (Å²) in [4.78, 5) is 13.0. The minimum Gasteiger partial charge on any atom is -0.366 e. The lowest BCUT2D eigenvalue weighted by Gasteiger charge is -2.31. The van der Waals surface area contributed by atoms with E-state index in [1.165, 1.54) is 12.8 Å². The van der Waals surface area contributed by atoms with Crippen molar-refractivity contribution < 1.29 is 4.39 Å². The van der Waals surface area contributed by atoms with Gasteiger partial charge >= 0.3 is 0 Å². The molecule has 3 rings (SSSR count). The summed E-state index contributed by atoms with van der Waals surface area (Å²) in [6, 6.07) is 7.39. The number of benzene rings is 1. The van der Waals surface area contributed by atoms with Gasteiger partial charge in [0.25, 0.3) is 0 Å². The zero-order valence-corrected chi connectivity index (χ0v) is 15.9. The van der Waals surface area contributed by atoms with E-state index in [0.717, 1.165) is 30.3 Å². The largest absolute Gasteiger partial charge is 0.366 e. The van der Waals surface area contributed by atoms with Crippen LogP contribution in [-0.4, -0.2) is 42.1 Å². The number of nitrogens with zero attached hydrogens (tertiary/aromatic N) is 4. The van der Waals surface area contributed by atoms with Gasteiger partial charge in [-0.2, -0.15) is 0 Å². The first-order valence-corrected chi connectivity index (χ1v) is 9.24. The third-order valence-electron chi connectivity index (χ3n) is 4.71. The quantitative estimate of drug-likeness (QED) is 0.857. The third kappa shape index (κ3) is 4.91.